The third kappa shape index (κ3) is 4.80. The highest BCUT2D eigenvalue weighted by Gasteiger charge is 2.15. The topological polar surface area (TPSA) is 111 Å². The quantitative estimate of drug-likeness (QED) is 0.327. The van der Waals surface area contributed by atoms with Gasteiger partial charge in [0, 0.05) is 17.2 Å². The van der Waals surface area contributed by atoms with Crippen molar-refractivity contribution >= 4 is 52.2 Å². The van der Waals surface area contributed by atoms with Crippen molar-refractivity contribution in [2.45, 2.75) is 12.1 Å². The number of carbonyl (C=O) groups is 1. The van der Waals surface area contributed by atoms with Crippen molar-refractivity contribution < 1.29 is 14.1 Å². The molecule has 0 aliphatic rings. The zero-order valence-electron chi connectivity index (χ0n) is 14.3. The van der Waals surface area contributed by atoms with Crippen LogP contribution in [0.5, 0.6) is 0 Å². The van der Waals surface area contributed by atoms with Gasteiger partial charge < -0.3 is 9.73 Å². The van der Waals surface area contributed by atoms with Gasteiger partial charge in [-0.05, 0) is 30.7 Å². The number of hydrogen-bond acceptors (Lipinski definition) is 7. The molecule has 1 N–H and O–H groups in total. The first-order chi connectivity index (χ1) is 13.3. The number of nitrogens with one attached hydrogen (secondary N) is 1. The second kappa shape index (κ2) is 8.59. The van der Waals surface area contributed by atoms with Crippen LogP contribution in [-0.4, -0.2) is 26.8 Å². The molecule has 1 amide bonds. The summed E-state index contributed by atoms with van der Waals surface area (Å²) in [6, 6.07) is 9.12. The lowest BCUT2D eigenvalue weighted by Gasteiger charge is -2.07. The molecule has 0 bridgehead atoms. The predicted molar refractivity (Wildman–Crippen MR) is 107 cm³/mol. The molecule has 0 aliphatic heterocycles. The van der Waals surface area contributed by atoms with Crippen molar-refractivity contribution in [1.29, 1.82) is 0 Å². The van der Waals surface area contributed by atoms with E-state index in [1.807, 2.05) is 0 Å². The van der Waals surface area contributed by atoms with Gasteiger partial charge in [-0.25, -0.2) is 0 Å². The normalized spacial score (nSPS) is 10.7. The highest BCUT2D eigenvalue weighted by Crippen LogP contribution is 2.31. The number of nitro groups is 1. The molecule has 0 saturated carbocycles. The molecule has 8 nitrogen and oxygen atoms in total. The Balaban J connectivity index is 1.63. The molecular formula is C17H12Cl2N4O4S. The molecule has 28 heavy (non-hydrogen) atoms. The van der Waals surface area contributed by atoms with Gasteiger partial charge >= 0.3 is 0 Å². The zero-order valence-corrected chi connectivity index (χ0v) is 16.6. The Bertz CT molecular complexity index is 1060. The second-order valence-electron chi connectivity index (χ2n) is 5.59. The first-order valence-corrected chi connectivity index (χ1v) is 9.54. The van der Waals surface area contributed by atoms with Gasteiger partial charge in [0.2, 0.25) is 11.8 Å². The van der Waals surface area contributed by atoms with E-state index in [-0.39, 0.29) is 28.5 Å². The van der Waals surface area contributed by atoms with Crippen LogP contribution in [-0.2, 0) is 4.79 Å². The number of carbonyl (C=O) groups excluding carboxylic acids is 1. The second-order valence-corrected chi connectivity index (χ2v) is 7.36. The highest BCUT2D eigenvalue weighted by molar-refractivity contribution is 7.99. The average Bonchev–Trinajstić information content (AvgIpc) is 3.10. The largest absolute Gasteiger partial charge is 0.411 e. The first kappa shape index (κ1) is 20.1. The number of anilines is 1. The molecule has 0 unspecified atom stereocenters. The summed E-state index contributed by atoms with van der Waals surface area (Å²) in [6.07, 6.45) is 0. The van der Waals surface area contributed by atoms with Crippen LogP contribution in [0.25, 0.3) is 11.5 Å². The van der Waals surface area contributed by atoms with Crippen LogP contribution < -0.4 is 5.32 Å². The smallest absolute Gasteiger partial charge is 0.277 e. The fraction of sp³-hybridized carbons (Fsp3) is 0.118. The summed E-state index contributed by atoms with van der Waals surface area (Å²) in [4.78, 5) is 22.5. The van der Waals surface area contributed by atoms with E-state index in [4.69, 9.17) is 27.6 Å². The monoisotopic (exact) mass is 438 g/mol. The molecule has 1 aromatic heterocycles. The molecule has 0 atom stereocenters. The summed E-state index contributed by atoms with van der Waals surface area (Å²) < 4.78 is 5.51. The van der Waals surface area contributed by atoms with Crippen molar-refractivity contribution in [3.63, 3.8) is 0 Å². The minimum absolute atomic E-state index is 0.0158. The number of aromatic nitrogens is 2. The van der Waals surface area contributed by atoms with Crippen LogP contribution in [0.3, 0.4) is 0 Å². The Hall–Kier alpha value is -2.62. The number of nitrogens with zero attached hydrogens (tertiary/aromatic N) is 3. The molecule has 1 heterocycles. The first-order valence-electron chi connectivity index (χ1n) is 7.80. The minimum atomic E-state index is -0.522. The van der Waals surface area contributed by atoms with Crippen LogP contribution in [0.15, 0.2) is 46.0 Å². The number of non-ortho nitro benzene ring substituents is 1. The van der Waals surface area contributed by atoms with Gasteiger partial charge in [-0.1, -0.05) is 41.0 Å². The molecule has 0 fully saturated rings. The van der Waals surface area contributed by atoms with Gasteiger partial charge in [-0.15, -0.1) is 10.2 Å². The minimum Gasteiger partial charge on any atom is -0.411 e. The number of rotatable bonds is 6. The zero-order chi connectivity index (χ0) is 20.3. The van der Waals surface area contributed by atoms with Gasteiger partial charge in [0.25, 0.3) is 10.9 Å². The van der Waals surface area contributed by atoms with Crippen LogP contribution in [0, 0.1) is 17.0 Å². The van der Waals surface area contributed by atoms with E-state index >= 15 is 0 Å². The molecule has 2 aromatic carbocycles. The Morgan fingerprint density at radius 3 is 2.75 bits per heavy atom. The van der Waals surface area contributed by atoms with E-state index in [2.05, 4.69) is 15.5 Å². The number of aryl methyl sites for hydroxylation is 1. The number of amides is 1. The van der Waals surface area contributed by atoms with Crippen molar-refractivity contribution in [1.82, 2.24) is 10.2 Å². The van der Waals surface area contributed by atoms with E-state index in [9.17, 15) is 14.9 Å². The summed E-state index contributed by atoms with van der Waals surface area (Å²) in [5.41, 5.74) is 1.51. The third-order valence-electron chi connectivity index (χ3n) is 3.60. The molecule has 0 radical (unpaired) electrons. The molecule has 0 spiro atoms. The number of thioether (sulfide) groups is 1. The number of hydrogen-bond donors (Lipinski definition) is 1. The Morgan fingerprint density at radius 2 is 2.04 bits per heavy atom. The number of benzene rings is 2. The van der Waals surface area contributed by atoms with Crippen molar-refractivity contribution in [2.75, 3.05) is 11.1 Å². The highest BCUT2D eigenvalue weighted by atomic mass is 35.5. The Morgan fingerprint density at radius 1 is 1.25 bits per heavy atom. The van der Waals surface area contributed by atoms with Crippen LogP contribution >= 0.6 is 35.0 Å². The molecule has 11 heteroatoms. The predicted octanol–water partition coefficient (Wildman–Crippen LogP) is 4.99. The standard InChI is InChI=1S/C17H12Cl2N4O4S/c1-9-2-4-11(23(25)26)7-14(9)20-15(24)8-28-17-22-21-16(27-17)12-5-3-10(18)6-13(12)19/h2-7H,8H2,1H3,(H,20,24). The Labute approximate surface area is 173 Å². The SMILES string of the molecule is Cc1ccc([N+](=O)[O-])cc1NC(=O)CSc1nnc(-c2ccc(Cl)cc2Cl)o1. The lowest BCUT2D eigenvalue weighted by molar-refractivity contribution is -0.384. The van der Waals surface area contributed by atoms with E-state index in [1.165, 1.54) is 12.1 Å². The maximum absolute atomic E-state index is 12.2. The van der Waals surface area contributed by atoms with Gasteiger partial charge in [-0.3, -0.25) is 14.9 Å². The van der Waals surface area contributed by atoms with Crippen molar-refractivity contribution in [3.05, 3.63) is 62.1 Å². The summed E-state index contributed by atoms with van der Waals surface area (Å²) in [5.74, 6) is -0.171. The van der Waals surface area contributed by atoms with Gasteiger partial charge in [0.05, 0.1) is 26.9 Å². The lowest BCUT2D eigenvalue weighted by atomic mass is 10.2. The fourth-order valence-corrected chi connectivity index (χ4v) is 3.26. The van der Waals surface area contributed by atoms with Gasteiger partial charge in [-0.2, -0.15) is 0 Å². The summed E-state index contributed by atoms with van der Waals surface area (Å²) in [5, 5.41) is 22.3. The average molecular weight is 439 g/mol. The maximum Gasteiger partial charge on any atom is 0.277 e. The van der Waals surface area contributed by atoms with E-state index in [0.29, 0.717) is 26.9 Å². The number of nitro benzene ring substituents is 1. The molecule has 144 valence electrons. The summed E-state index contributed by atoms with van der Waals surface area (Å²) in [6.45, 7) is 1.74. The van der Waals surface area contributed by atoms with Gasteiger partial charge in [0.1, 0.15) is 0 Å². The summed E-state index contributed by atoms with van der Waals surface area (Å²) in [7, 11) is 0. The molecule has 3 rings (SSSR count). The van der Waals surface area contributed by atoms with E-state index < -0.39 is 4.92 Å². The molecule has 0 aliphatic carbocycles. The van der Waals surface area contributed by atoms with Crippen LogP contribution in [0.2, 0.25) is 10.0 Å². The third-order valence-corrected chi connectivity index (χ3v) is 4.97. The van der Waals surface area contributed by atoms with Crippen molar-refractivity contribution in [2.24, 2.45) is 0 Å². The van der Waals surface area contributed by atoms with Crippen molar-refractivity contribution in [3.8, 4) is 11.5 Å². The Kier molecular flexibility index (Phi) is 6.18. The lowest BCUT2D eigenvalue weighted by Crippen LogP contribution is -2.15. The fourth-order valence-electron chi connectivity index (χ4n) is 2.21. The van der Waals surface area contributed by atoms with E-state index in [0.717, 1.165) is 11.8 Å². The molecular weight excluding hydrogens is 427 g/mol. The summed E-state index contributed by atoms with van der Waals surface area (Å²) >= 11 is 13.0. The van der Waals surface area contributed by atoms with E-state index in [1.54, 1.807) is 31.2 Å². The number of halogens is 2. The maximum atomic E-state index is 12.2. The van der Waals surface area contributed by atoms with Gasteiger partial charge in [0.15, 0.2) is 0 Å². The van der Waals surface area contributed by atoms with Crippen LogP contribution in [0.1, 0.15) is 5.56 Å². The molecule has 3 aromatic rings. The molecule has 0 saturated heterocycles. The van der Waals surface area contributed by atoms with Crippen LogP contribution in [0.4, 0.5) is 11.4 Å².